The Bertz CT molecular complexity index is 1210. The molecule has 1 amide bonds. The Balaban J connectivity index is 1.60. The van der Waals surface area contributed by atoms with E-state index in [0.717, 1.165) is 0 Å². The third-order valence-electron chi connectivity index (χ3n) is 4.55. The molecular formula is C23H17FN2O4S. The van der Waals surface area contributed by atoms with E-state index in [9.17, 15) is 14.0 Å². The summed E-state index contributed by atoms with van der Waals surface area (Å²) >= 11 is 1.21. The van der Waals surface area contributed by atoms with Gasteiger partial charge in [-0.3, -0.25) is 9.69 Å². The maximum atomic E-state index is 13.1. The molecule has 0 unspecified atom stereocenters. The second-order valence-corrected chi connectivity index (χ2v) is 7.63. The first-order valence-electron chi connectivity index (χ1n) is 9.44. The number of nitrogens with zero attached hydrogens (tertiary/aromatic N) is 2. The molecule has 0 bridgehead atoms. The molecule has 0 atom stereocenters. The van der Waals surface area contributed by atoms with E-state index in [1.807, 2.05) is 6.92 Å². The Kier molecular flexibility index (Phi) is 5.73. The second-order valence-electron chi connectivity index (χ2n) is 6.62. The molecule has 0 saturated carbocycles. The first kappa shape index (κ1) is 20.6. The highest BCUT2D eigenvalue weighted by Gasteiger charge is 2.32. The molecule has 1 fully saturated rings. The van der Waals surface area contributed by atoms with Gasteiger partial charge in [0.15, 0.2) is 5.17 Å². The lowest BCUT2D eigenvalue weighted by Gasteiger charge is -2.11. The number of carbonyl (C=O) groups is 2. The lowest BCUT2D eigenvalue weighted by Crippen LogP contribution is -2.28. The molecule has 1 N–H and O–H groups in total. The van der Waals surface area contributed by atoms with E-state index in [1.54, 1.807) is 47.4 Å². The molecule has 2 heterocycles. The van der Waals surface area contributed by atoms with Crippen LogP contribution in [0.3, 0.4) is 0 Å². The Labute approximate surface area is 181 Å². The van der Waals surface area contributed by atoms with Crippen molar-refractivity contribution >= 4 is 40.6 Å². The Hall–Kier alpha value is -3.65. The fourth-order valence-electron chi connectivity index (χ4n) is 3.02. The summed E-state index contributed by atoms with van der Waals surface area (Å²) in [6, 6.07) is 15.6. The van der Waals surface area contributed by atoms with Gasteiger partial charge in [-0.1, -0.05) is 12.1 Å². The predicted octanol–water partition coefficient (Wildman–Crippen LogP) is 5.41. The molecule has 6 nitrogen and oxygen atoms in total. The number of halogens is 1. The maximum Gasteiger partial charge on any atom is 0.335 e. The average molecular weight is 436 g/mol. The quantitative estimate of drug-likeness (QED) is 0.541. The monoisotopic (exact) mass is 436 g/mol. The number of aromatic carboxylic acids is 1. The van der Waals surface area contributed by atoms with Crippen molar-refractivity contribution < 1.29 is 23.5 Å². The minimum atomic E-state index is -1.02. The van der Waals surface area contributed by atoms with E-state index in [1.165, 1.54) is 36.0 Å². The first-order chi connectivity index (χ1) is 14.9. The number of carbonyl (C=O) groups excluding carboxylic acids is 1. The maximum absolute atomic E-state index is 13.1. The van der Waals surface area contributed by atoms with Gasteiger partial charge in [0.05, 0.1) is 16.2 Å². The van der Waals surface area contributed by atoms with E-state index in [-0.39, 0.29) is 17.3 Å². The fraction of sp³-hybridized carbons (Fsp3) is 0.0870. The standard InChI is InChI=1S/C23H17FN2O4S/c1-2-26-21(27)20(31-23(26)25-17-8-6-16(24)7-9-17)13-18-10-11-19(30-18)14-4-3-5-15(12-14)22(28)29/h3-13H,2H2,1H3,(H,28,29)/b20-13-,25-23?. The molecule has 156 valence electrons. The zero-order valence-electron chi connectivity index (χ0n) is 16.4. The highest BCUT2D eigenvalue weighted by molar-refractivity contribution is 8.18. The van der Waals surface area contributed by atoms with Gasteiger partial charge in [-0.25, -0.2) is 14.2 Å². The highest BCUT2D eigenvalue weighted by Crippen LogP contribution is 2.35. The van der Waals surface area contributed by atoms with E-state index in [4.69, 9.17) is 9.52 Å². The van der Waals surface area contributed by atoms with Crippen molar-refractivity contribution in [2.45, 2.75) is 6.92 Å². The van der Waals surface area contributed by atoms with Crippen LogP contribution in [0, 0.1) is 5.82 Å². The Morgan fingerprint density at radius 1 is 1.19 bits per heavy atom. The number of carboxylic acid groups (broad SMARTS) is 1. The molecule has 0 spiro atoms. The lowest BCUT2D eigenvalue weighted by molar-refractivity contribution is -0.122. The number of hydrogen-bond acceptors (Lipinski definition) is 5. The van der Waals surface area contributed by atoms with Crippen LogP contribution < -0.4 is 0 Å². The van der Waals surface area contributed by atoms with Gasteiger partial charge >= 0.3 is 5.97 Å². The minimum absolute atomic E-state index is 0.163. The van der Waals surface area contributed by atoms with Crippen LogP contribution in [0.2, 0.25) is 0 Å². The Morgan fingerprint density at radius 2 is 1.97 bits per heavy atom. The molecule has 0 aliphatic carbocycles. The van der Waals surface area contributed by atoms with Crippen LogP contribution in [0.4, 0.5) is 10.1 Å². The van der Waals surface area contributed by atoms with Crippen LogP contribution in [0.15, 0.2) is 75.0 Å². The zero-order valence-corrected chi connectivity index (χ0v) is 17.2. The van der Waals surface area contributed by atoms with E-state index in [0.29, 0.717) is 39.4 Å². The molecule has 31 heavy (non-hydrogen) atoms. The van der Waals surface area contributed by atoms with Gasteiger partial charge in [-0.2, -0.15) is 0 Å². The van der Waals surface area contributed by atoms with Crippen molar-refractivity contribution in [3.8, 4) is 11.3 Å². The number of rotatable bonds is 5. The zero-order chi connectivity index (χ0) is 22.0. The van der Waals surface area contributed by atoms with Crippen molar-refractivity contribution in [3.63, 3.8) is 0 Å². The molecule has 1 aliphatic heterocycles. The van der Waals surface area contributed by atoms with Gasteiger partial charge in [0, 0.05) is 18.2 Å². The molecule has 1 aromatic heterocycles. The molecule has 1 aliphatic rings. The molecule has 4 rings (SSSR count). The van der Waals surface area contributed by atoms with Crippen LogP contribution in [0.25, 0.3) is 17.4 Å². The summed E-state index contributed by atoms with van der Waals surface area (Å²) in [5, 5.41) is 9.66. The van der Waals surface area contributed by atoms with Crippen LogP contribution >= 0.6 is 11.8 Å². The van der Waals surface area contributed by atoms with Crippen molar-refractivity contribution in [1.82, 2.24) is 4.90 Å². The van der Waals surface area contributed by atoms with Gasteiger partial charge < -0.3 is 9.52 Å². The van der Waals surface area contributed by atoms with Crippen LogP contribution in [-0.2, 0) is 4.79 Å². The molecule has 0 radical (unpaired) electrons. The summed E-state index contributed by atoms with van der Waals surface area (Å²) in [7, 11) is 0. The van der Waals surface area contributed by atoms with Crippen molar-refractivity contribution in [2.24, 2.45) is 4.99 Å². The Morgan fingerprint density at radius 3 is 2.68 bits per heavy atom. The summed E-state index contributed by atoms with van der Waals surface area (Å²) in [4.78, 5) is 30.4. The van der Waals surface area contributed by atoms with Crippen LogP contribution in [-0.4, -0.2) is 33.6 Å². The minimum Gasteiger partial charge on any atom is -0.478 e. The second kappa shape index (κ2) is 8.61. The van der Waals surface area contributed by atoms with Gasteiger partial charge in [0.1, 0.15) is 17.3 Å². The first-order valence-corrected chi connectivity index (χ1v) is 10.3. The number of thioether (sulfide) groups is 1. The van der Waals surface area contributed by atoms with Gasteiger partial charge in [-0.15, -0.1) is 0 Å². The summed E-state index contributed by atoms with van der Waals surface area (Å²) in [5.74, 6) is -0.603. The average Bonchev–Trinajstić information content (AvgIpc) is 3.34. The highest BCUT2D eigenvalue weighted by atomic mass is 32.2. The third-order valence-corrected chi connectivity index (χ3v) is 5.56. The van der Waals surface area contributed by atoms with Gasteiger partial charge in [0.25, 0.3) is 5.91 Å². The smallest absolute Gasteiger partial charge is 0.335 e. The number of aliphatic imine (C=N–C) groups is 1. The van der Waals surface area contributed by atoms with Gasteiger partial charge in [0.2, 0.25) is 0 Å². The molecule has 2 aromatic carbocycles. The van der Waals surface area contributed by atoms with Gasteiger partial charge in [-0.05, 0) is 67.2 Å². The number of amidine groups is 1. The van der Waals surface area contributed by atoms with E-state index >= 15 is 0 Å². The number of carboxylic acids is 1. The van der Waals surface area contributed by atoms with Crippen molar-refractivity contribution in [1.29, 1.82) is 0 Å². The number of hydrogen-bond donors (Lipinski definition) is 1. The largest absolute Gasteiger partial charge is 0.478 e. The molecular weight excluding hydrogens is 419 g/mol. The lowest BCUT2D eigenvalue weighted by atomic mass is 10.1. The summed E-state index contributed by atoms with van der Waals surface area (Å²) in [5.41, 5.74) is 1.34. The van der Waals surface area contributed by atoms with Crippen molar-refractivity contribution in [3.05, 3.63) is 82.7 Å². The van der Waals surface area contributed by atoms with E-state index in [2.05, 4.69) is 4.99 Å². The summed E-state index contributed by atoms with van der Waals surface area (Å²) in [6.45, 7) is 2.29. The summed E-state index contributed by atoms with van der Waals surface area (Å²) in [6.07, 6.45) is 1.63. The molecule has 8 heteroatoms. The number of amides is 1. The van der Waals surface area contributed by atoms with Crippen LogP contribution in [0.5, 0.6) is 0 Å². The number of furan rings is 1. The van der Waals surface area contributed by atoms with Crippen molar-refractivity contribution in [2.75, 3.05) is 6.54 Å². The molecule has 1 saturated heterocycles. The normalized spacial score (nSPS) is 16.5. The van der Waals surface area contributed by atoms with E-state index < -0.39 is 5.97 Å². The topological polar surface area (TPSA) is 83.1 Å². The van der Waals surface area contributed by atoms with Crippen LogP contribution in [0.1, 0.15) is 23.0 Å². The number of likely N-dealkylation sites (N-methyl/N-ethyl adjacent to an activating group) is 1. The predicted molar refractivity (Wildman–Crippen MR) is 118 cm³/mol. The fourth-order valence-corrected chi connectivity index (χ4v) is 4.06. The molecule has 3 aromatic rings. The third kappa shape index (κ3) is 4.44. The SMILES string of the molecule is CCN1C(=O)/C(=C/c2ccc(-c3cccc(C(=O)O)c3)o2)SC1=Nc1ccc(F)cc1. The number of benzene rings is 2. The summed E-state index contributed by atoms with van der Waals surface area (Å²) < 4.78 is 18.9.